The normalized spacial score (nSPS) is 26.8. The van der Waals surface area contributed by atoms with Crippen LogP contribution < -0.4 is 5.73 Å². The number of nitrogens with two attached hydrogens (primary N) is 1. The molecule has 15 heavy (non-hydrogen) atoms. The predicted molar refractivity (Wildman–Crippen MR) is 61.6 cm³/mol. The summed E-state index contributed by atoms with van der Waals surface area (Å²) in [6.45, 7) is 6.74. The van der Waals surface area contributed by atoms with E-state index in [1.807, 2.05) is 13.8 Å². The molecule has 0 bridgehead atoms. The van der Waals surface area contributed by atoms with E-state index in [0.717, 1.165) is 6.42 Å². The van der Waals surface area contributed by atoms with Gasteiger partial charge in [0, 0.05) is 6.04 Å². The Morgan fingerprint density at radius 1 is 1.33 bits per heavy atom. The zero-order valence-corrected chi connectivity index (χ0v) is 10.3. The monoisotopic (exact) mass is 215 g/mol. The van der Waals surface area contributed by atoms with Crippen molar-refractivity contribution in [3.63, 3.8) is 0 Å². The van der Waals surface area contributed by atoms with Crippen molar-refractivity contribution < 1.29 is 9.47 Å². The van der Waals surface area contributed by atoms with Gasteiger partial charge in [0.2, 0.25) is 0 Å². The van der Waals surface area contributed by atoms with E-state index in [-0.39, 0.29) is 12.1 Å². The molecule has 3 heteroatoms. The fraction of sp³-hybridized carbons (Fsp3) is 1.00. The molecule has 1 fully saturated rings. The highest BCUT2D eigenvalue weighted by molar-refractivity contribution is 4.80. The van der Waals surface area contributed by atoms with Gasteiger partial charge in [0.05, 0.1) is 12.7 Å². The number of hydrogen-bond acceptors (Lipinski definition) is 3. The van der Waals surface area contributed by atoms with Crippen LogP contribution in [0.2, 0.25) is 0 Å². The van der Waals surface area contributed by atoms with E-state index in [0.29, 0.717) is 6.61 Å². The SMILES string of the molecule is CCCCCC[C@@H](N)[C@@H]1COC(C)(C)O1. The van der Waals surface area contributed by atoms with Crippen LogP contribution in [0.4, 0.5) is 0 Å². The summed E-state index contributed by atoms with van der Waals surface area (Å²) in [7, 11) is 0. The third kappa shape index (κ3) is 4.49. The Kier molecular flexibility index (Phi) is 5.03. The van der Waals surface area contributed by atoms with Crippen molar-refractivity contribution >= 4 is 0 Å². The van der Waals surface area contributed by atoms with E-state index in [9.17, 15) is 0 Å². The lowest BCUT2D eigenvalue weighted by Crippen LogP contribution is -2.37. The number of rotatable bonds is 6. The van der Waals surface area contributed by atoms with E-state index in [2.05, 4.69) is 6.92 Å². The van der Waals surface area contributed by atoms with Crippen LogP contribution in [0.15, 0.2) is 0 Å². The van der Waals surface area contributed by atoms with Crippen LogP contribution in [0, 0.1) is 0 Å². The van der Waals surface area contributed by atoms with Gasteiger partial charge in [0.25, 0.3) is 0 Å². The first-order valence-corrected chi connectivity index (χ1v) is 6.12. The molecule has 1 aliphatic rings. The summed E-state index contributed by atoms with van der Waals surface area (Å²) in [5.41, 5.74) is 6.08. The molecule has 2 atom stereocenters. The Bertz CT molecular complexity index is 182. The standard InChI is InChI=1S/C12H25NO2/c1-4-5-6-7-8-10(13)11-9-14-12(2,3)15-11/h10-11H,4-9,13H2,1-3H3/t10-,11+/m1/s1. The first-order valence-electron chi connectivity index (χ1n) is 6.12. The fourth-order valence-corrected chi connectivity index (χ4v) is 1.92. The molecule has 0 aromatic rings. The molecular formula is C12H25NO2. The molecule has 1 aliphatic heterocycles. The summed E-state index contributed by atoms with van der Waals surface area (Å²) in [6, 6.07) is 0.128. The molecule has 0 unspecified atom stereocenters. The van der Waals surface area contributed by atoms with Gasteiger partial charge in [0.15, 0.2) is 5.79 Å². The smallest absolute Gasteiger partial charge is 0.163 e. The summed E-state index contributed by atoms with van der Waals surface area (Å²) in [4.78, 5) is 0. The van der Waals surface area contributed by atoms with Gasteiger partial charge in [-0.1, -0.05) is 32.6 Å². The van der Waals surface area contributed by atoms with Crippen molar-refractivity contribution in [2.75, 3.05) is 6.61 Å². The Labute approximate surface area is 93.3 Å². The topological polar surface area (TPSA) is 44.5 Å². The molecule has 2 N–H and O–H groups in total. The zero-order chi connectivity index (χ0) is 11.3. The molecule has 3 nitrogen and oxygen atoms in total. The van der Waals surface area contributed by atoms with Gasteiger partial charge >= 0.3 is 0 Å². The van der Waals surface area contributed by atoms with Gasteiger partial charge in [0.1, 0.15) is 0 Å². The van der Waals surface area contributed by atoms with Gasteiger partial charge in [-0.25, -0.2) is 0 Å². The van der Waals surface area contributed by atoms with Gasteiger partial charge in [-0.3, -0.25) is 0 Å². The minimum atomic E-state index is -0.439. The maximum absolute atomic E-state index is 6.08. The lowest BCUT2D eigenvalue weighted by Gasteiger charge is -2.21. The molecular weight excluding hydrogens is 190 g/mol. The van der Waals surface area contributed by atoms with Crippen molar-refractivity contribution in [2.24, 2.45) is 5.73 Å². The Morgan fingerprint density at radius 2 is 2.07 bits per heavy atom. The van der Waals surface area contributed by atoms with E-state index in [1.54, 1.807) is 0 Å². The Balaban J connectivity index is 2.15. The molecule has 0 aliphatic carbocycles. The highest BCUT2D eigenvalue weighted by atomic mass is 16.7. The first-order chi connectivity index (χ1) is 7.05. The Morgan fingerprint density at radius 3 is 2.60 bits per heavy atom. The van der Waals surface area contributed by atoms with Crippen LogP contribution in [0.1, 0.15) is 52.9 Å². The molecule has 0 radical (unpaired) electrons. The summed E-state index contributed by atoms with van der Waals surface area (Å²) in [6.07, 6.45) is 6.19. The second kappa shape index (κ2) is 5.83. The lowest BCUT2D eigenvalue weighted by molar-refractivity contribution is -0.140. The molecule has 0 saturated carbocycles. The quantitative estimate of drug-likeness (QED) is 0.692. The van der Waals surface area contributed by atoms with E-state index < -0.39 is 5.79 Å². The average Bonchev–Trinajstić information content (AvgIpc) is 2.53. The van der Waals surface area contributed by atoms with E-state index in [4.69, 9.17) is 15.2 Å². The lowest BCUT2D eigenvalue weighted by atomic mass is 10.0. The number of hydrogen-bond donors (Lipinski definition) is 1. The highest BCUT2D eigenvalue weighted by Gasteiger charge is 2.35. The minimum Gasteiger partial charge on any atom is -0.348 e. The van der Waals surface area contributed by atoms with Crippen LogP contribution in [-0.2, 0) is 9.47 Å². The maximum atomic E-state index is 6.08. The number of unbranched alkanes of at least 4 members (excludes halogenated alkanes) is 3. The molecule has 0 aromatic carbocycles. The van der Waals surface area contributed by atoms with Crippen molar-refractivity contribution in [3.05, 3.63) is 0 Å². The molecule has 1 rings (SSSR count). The van der Waals surface area contributed by atoms with Crippen LogP contribution in [-0.4, -0.2) is 24.5 Å². The van der Waals surface area contributed by atoms with E-state index in [1.165, 1.54) is 25.7 Å². The van der Waals surface area contributed by atoms with Crippen LogP contribution in [0.5, 0.6) is 0 Å². The molecule has 0 spiro atoms. The number of ether oxygens (including phenoxy) is 2. The second-order valence-electron chi connectivity index (χ2n) is 4.88. The van der Waals surface area contributed by atoms with Crippen molar-refractivity contribution in [1.29, 1.82) is 0 Å². The van der Waals surface area contributed by atoms with Crippen LogP contribution in [0.25, 0.3) is 0 Å². The largest absolute Gasteiger partial charge is 0.348 e. The molecule has 1 saturated heterocycles. The van der Waals surface area contributed by atoms with Crippen molar-refractivity contribution in [3.8, 4) is 0 Å². The molecule has 90 valence electrons. The summed E-state index contributed by atoms with van der Waals surface area (Å²) < 4.78 is 11.2. The average molecular weight is 215 g/mol. The van der Waals surface area contributed by atoms with Gasteiger partial charge in [-0.15, -0.1) is 0 Å². The second-order valence-corrected chi connectivity index (χ2v) is 4.88. The summed E-state index contributed by atoms with van der Waals surface area (Å²) >= 11 is 0. The van der Waals surface area contributed by atoms with Crippen molar-refractivity contribution in [1.82, 2.24) is 0 Å². The molecule has 0 aromatic heterocycles. The minimum absolute atomic E-state index is 0.0848. The maximum Gasteiger partial charge on any atom is 0.163 e. The molecule has 0 amide bonds. The van der Waals surface area contributed by atoms with Crippen molar-refractivity contribution in [2.45, 2.75) is 70.8 Å². The molecule has 1 heterocycles. The van der Waals surface area contributed by atoms with Gasteiger partial charge < -0.3 is 15.2 Å². The first kappa shape index (κ1) is 12.9. The third-order valence-electron chi connectivity index (χ3n) is 2.90. The van der Waals surface area contributed by atoms with Crippen LogP contribution >= 0.6 is 0 Å². The highest BCUT2D eigenvalue weighted by Crippen LogP contribution is 2.25. The van der Waals surface area contributed by atoms with Gasteiger partial charge in [-0.2, -0.15) is 0 Å². The predicted octanol–water partition coefficient (Wildman–Crippen LogP) is 2.44. The third-order valence-corrected chi connectivity index (χ3v) is 2.90. The zero-order valence-electron chi connectivity index (χ0n) is 10.3. The van der Waals surface area contributed by atoms with Gasteiger partial charge in [-0.05, 0) is 20.3 Å². The summed E-state index contributed by atoms with van der Waals surface area (Å²) in [5.74, 6) is -0.439. The van der Waals surface area contributed by atoms with E-state index >= 15 is 0 Å². The fourth-order valence-electron chi connectivity index (χ4n) is 1.92. The Hall–Kier alpha value is -0.120. The summed E-state index contributed by atoms with van der Waals surface area (Å²) in [5, 5.41) is 0. The van der Waals surface area contributed by atoms with Crippen LogP contribution in [0.3, 0.4) is 0 Å².